The molecule has 33 heavy (non-hydrogen) atoms. The van der Waals surface area contributed by atoms with Gasteiger partial charge in [-0.05, 0) is 55.0 Å². The Morgan fingerprint density at radius 3 is 2.36 bits per heavy atom. The van der Waals surface area contributed by atoms with E-state index in [1.165, 1.54) is 0 Å². The number of imidazole rings is 1. The number of pyridine rings is 1. The number of hydrogen-bond acceptors (Lipinski definition) is 3. The molecule has 0 radical (unpaired) electrons. The van der Waals surface area contributed by atoms with Gasteiger partial charge in [0.15, 0.2) is 5.58 Å². The van der Waals surface area contributed by atoms with Gasteiger partial charge in [-0.3, -0.25) is 4.57 Å². The van der Waals surface area contributed by atoms with Crippen LogP contribution in [0.3, 0.4) is 0 Å². The Labute approximate surface area is 189 Å². The lowest BCUT2D eigenvalue weighted by Gasteiger charge is -2.12. The third kappa shape index (κ3) is 2.64. The fourth-order valence-corrected chi connectivity index (χ4v) is 4.90. The maximum absolute atomic E-state index is 6.39. The molecule has 4 heteroatoms. The van der Waals surface area contributed by atoms with Crippen LogP contribution in [0.5, 0.6) is 0 Å². The summed E-state index contributed by atoms with van der Waals surface area (Å²) in [6.07, 6.45) is 0. The topological polar surface area (TPSA) is 43.9 Å². The highest BCUT2D eigenvalue weighted by Gasteiger charge is 2.18. The lowest BCUT2D eigenvalue weighted by molar-refractivity contribution is 0.670. The van der Waals surface area contributed by atoms with E-state index in [4.69, 9.17) is 14.4 Å². The van der Waals surface area contributed by atoms with Crippen molar-refractivity contribution in [2.75, 3.05) is 0 Å². The van der Waals surface area contributed by atoms with E-state index in [1.807, 2.05) is 37.3 Å². The highest BCUT2D eigenvalue weighted by atomic mass is 16.3. The molecule has 4 nitrogen and oxygen atoms in total. The van der Waals surface area contributed by atoms with Gasteiger partial charge in [0.2, 0.25) is 0 Å². The van der Waals surface area contributed by atoms with Crippen molar-refractivity contribution < 1.29 is 4.42 Å². The summed E-state index contributed by atoms with van der Waals surface area (Å²) in [5.41, 5.74) is 8.85. The zero-order chi connectivity index (χ0) is 21.9. The average molecular weight is 425 g/mol. The molecule has 0 fully saturated rings. The van der Waals surface area contributed by atoms with Gasteiger partial charge in [0.1, 0.15) is 16.9 Å². The van der Waals surface area contributed by atoms with Gasteiger partial charge < -0.3 is 4.42 Å². The number of hydrogen-bond donors (Lipinski definition) is 0. The molecular weight excluding hydrogens is 406 g/mol. The van der Waals surface area contributed by atoms with Crippen molar-refractivity contribution in [2.45, 2.75) is 6.92 Å². The molecule has 0 saturated heterocycles. The molecule has 4 aromatic carbocycles. The number of para-hydroxylation sites is 4. The highest BCUT2D eigenvalue weighted by Crippen LogP contribution is 2.40. The van der Waals surface area contributed by atoms with Gasteiger partial charge in [0.05, 0.1) is 16.6 Å². The standard InChI is InChI=1S/C29H19N3O/c1-18-30-24-14-5-6-15-25(24)32(18)20-10-8-9-19(17-20)27-21-11-2-4-13-23(21)31-28-22-12-3-7-16-26(22)33-29(27)28/h2-17H,1H3. The molecule has 3 aromatic heterocycles. The lowest BCUT2D eigenvalue weighted by Crippen LogP contribution is -1.97. The van der Waals surface area contributed by atoms with E-state index in [0.717, 1.165) is 66.6 Å². The molecule has 0 aliphatic carbocycles. The van der Waals surface area contributed by atoms with Gasteiger partial charge in [-0.25, -0.2) is 9.97 Å². The van der Waals surface area contributed by atoms with E-state index in [9.17, 15) is 0 Å². The van der Waals surface area contributed by atoms with Crippen molar-refractivity contribution in [1.29, 1.82) is 0 Å². The summed E-state index contributed by atoms with van der Waals surface area (Å²) >= 11 is 0. The summed E-state index contributed by atoms with van der Waals surface area (Å²) in [5.74, 6) is 0.960. The zero-order valence-electron chi connectivity index (χ0n) is 18.0. The number of aromatic nitrogens is 3. The van der Waals surface area contributed by atoms with Crippen LogP contribution in [0.4, 0.5) is 0 Å². The van der Waals surface area contributed by atoms with Gasteiger partial charge in [0.25, 0.3) is 0 Å². The Bertz CT molecular complexity index is 1840. The summed E-state index contributed by atoms with van der Waals surface area (Å²) in [4.78, 5) is 9.73. The van der Waals surface area contributed by atoms with Crippen molar-refractivity contribution in [3.05, 3.63) is 103 Å². The van der Waals surface area contributed by atoms with Crippen LogP contribution in [-0.4, -0.2) is 14.5 Å². The van der Waals surface area contributed by atoms with E-state index in [0.29, 0.717) is 0 Å². The van der Waals surface area contributed by atoms with Crippen molar-refractivity contribution in [1.82, 2.24) is 14.5 Å². The second-order valence-electron chi connectivity index (χ2n) is 8.31. The molecule has 7 rings (SSSR count). The summed E-state index contributed by atoms with van der Waals surface area (Å²) in [6.45, 7) is 2.05. The average Bonchev–Trinajstić information content (AvgIpc) is 3.39. The van der Waals surface area contributed by atoms with Gasteiger partial charge in [-0.1, -0.05) is 54.6 Å². The normalized spacial score (nSPS) is 11.8. The molecule has 0 unspecified atom stereocenters. The molecule has 0 N–H and O–H groups in total. The number of nitrogens with zero attached hydrogens (tertiary/aromatic N) is 3. The van der Waals surface area contributed by atoms with E-state index < -0.39 is 0 Å². The van der Waals surface area contributed by atoms with Crippen LogP contribution in [0.2, 0.25) is 0 Å². The summed E-state index contributed by atoms with van der Waals surface area (Å²) in [6, 6.07) is 33.2. The molecule has 0 aliphatic heterocycles. The van der Waals surface area contributed by atoms with Crippen LogP contribution in [-0.2, 0) is 0 Å². The van der Waals surface area contributed by atoms with Crippen molar-refractivity contribution in [2.24, 2.45) is 0 Å². The van der Waals surface area contributed by atoms with Crippen molar-refractivity contribution in [3.63, 3.8) is 0 Å². The Balaban J connectivity index is 1.57. The lowest BCUT2D eigenvalue weighted by atomic mass is 9.99. The first-order valence-corrected chi connectivity index (χ1v) is 11.0. The van der Waals surface area contributed by atoms with Crippen molar-refractivity contribution in [3.8, 4) is 16.8 Å². The second kappa shape index (κ2) is 6.78. The fraction of sp³-hybridized carbons (Fsp3) is 0.0345. The predicted molar refractivity (Wildman–Crippen MR) is 134 cm³/mol. The first-order chi connectivity index (χ1) is 16.3. The zero-order valence-corrected chi connectivity index (χ0v) is 18.0. The minimum absolute atomic E-state index is 0.819. The second-order valence-corrected chi connectivity index (χ2v) is 8.31. The molecule has 3 heterocycles. The van der Waals surface area contributed by atoms with Crippen LogP contribution >= 0.6 is 0 Å². The van der Waals surface area contributed by atoms with Gasteiger partial charge in [-0.15, -0.1) is 0 Å². The number of rotatable bonds is 2. The van der Waals surface area contributed by atoms with Crippen LogP contribution in [0.15, 0.2) is 101 Å². The molecule has 156 valence electrons. The molecule has 7 aromatic rings. The Hall–Kier alpha value is -4.44. The quantitative estimate of drug-likeness (QED) is 0.289. The van der Waals surface area contributed by atoms with Crippen LogP contribution in [0.25, 0.3) is 60.8 Å². The molecule has 0 aliphatic rings. The summed E-state index contributed by atoms with van der Waals surface area (Å²) in [7, 11) is 0. The number of furan rings is 1. The monoisotopic (exact) mass is 425 g/mol. The van der Waals surface area contributed by atoms with Crippen molar-refractivity contribution >= 4 is 44.0 Å². The van der Waals surface area contributed by atoms with Gasteiger partial charge in [-0.2, -0.15) is 0 Å². The van der Waals surface area contributed by atoms with E-state index in [2.05, 4.69) is 71.3 Å². The molecule has 0 spiro atoms. The minimum atomic E-state index is 0.819. The first-order valence-electron chi connectivity index (χ1n) is 11.0. The molecule has 0 bridgehead atoms. The Kier molecular flexibility index (Phi) is 3.73. The molecule has 0 atom stereocenters. The van der Waals surface area contributed by atoms with Crippen LogP contribution < -0.4 is 0 Å². The maximum Gasteiger partial charge on any atom is 0.162 e. The number of benzene rings is 4. The van der Waals surface area contributed by atoms with Gasteiger partial charge >= 0.3 is 0 Å². The molecule has 0 amide bonds. The van der Waals surface area contributed by atoms with E-state index in [1.54, 1.807) is 0 Å². The molecular formula is C29H19N3O. The third-order valence-electron chi connectivity index (χ3n) is 6.32. The Morgan fingerprint density at radius 1 is 0.697 bits per heavy atom. The van der Waals surface area contributed by atoms with E-state index in [-0.39, 0.29) is 0 Å². The molecule has 0 saturated carbocycles. The maximum atomic E-state index is 6.39. The predicted octanol–water partition coefficient (Wildman–Crippen LogP) is 7.45. The SMILES string of the molecule is Cc1nc2ccccc2n1-c1cccc(-c2c3ccccc3nc3c2oc2ccccc23)c1. The number of fused-ring (bicyclic) bond motifs is 5. The minimum Gasteiger partial charge on any atom is -0.454 e. The first kappa shape index (κ1) is 18.2. The Morgan fingerprint density at radius 2 is 1.45 bits per heavy atom. The fourth-order valence-electron chi connectivity index (χ4n) is 4.90. The van der Waals surface area contributed by atoms with Crippen LogP contribution in [0, 0.1) is 6.92 Å². The summed E-state index contributed by atoms with van der Waals surface area (Å²) in [5, 5.41) is 2.11. The summed E-state index contributed by atoms with van der Waals surface area (Å²) < 4.78 is 8.60. The third-order valence-corrected chi connectivity index (χ3v) is 6.32. The number of aryl methyl sites for hydroxylation is 1. The van der Waals surface area contributed by atoms with Gasteiger partial charge in [0, 0.05) is 22.0 Å². The van der Waals surface area contributed by atoms with Crippen LogP contribution in [0.1, 0.15) is 5.82 Å². The highest BCUT2D eigenvalue weighted by molar-refractivity contribution is 6.15. The smallest absolute Gasteiger partial charge is 0.162 e. The largest absolute Gasteiger partial charge is 0.454 e. The van der Waals surface area contributed by atoms with E-state index >= 15 is 0 Å².